The number of hydrogen-bond donors (Lipinski definition) is 3. The number of nitrogens with one attached hydrogen (secondary N) is 2. The third kappa shape index (κ3) is 5.68. The molecule has 0 aromatic heterocycles. The number of amides is 3. The highest BCUT2D eigenvalue weighted by Crippen LogP contribution is 2.30. The van der Waals surface area contributed by atoms with Crippen LogP contribution in [0.3, 0.4) is 0 Å². The molecule has 8 heteroatoms. The summed E-state index contributed by atoms with van der Waals surface area (Å²) in [4.78, 5) is 38.6. The molecule has 0 radical (unpaired) electrons. The monoisotopic (exact) mass is 394 g/mol. The molecule has 148 valence electrons. The molecule has 27 heavy (non-hydrogen) atoms. The van der Waals surface area contributed by atoms with Crippen LogP contribution in [0.1, 0.15) is 36.0 Å². The number of likely N-dealkylation sites (tertiary alicyclic amines) is 1. The van der Waals surface area contributed by atoms with Crippen LogP contribution in [0, 0.1) is 11.8 Å². The minimum absolute atomic E-state index is 0. The van der Waals surface area contributed by atoms with Crippen molar-refractivity contribution in [2.75, 3.05) is 31.5 Å². The maximum absolute atomic E-state index is 12.8. The van der Waals surface area contributed by atoms with E-state index < -0.39 is 0 Å². The highest BCUT2D eigenvalue weighted by Gasteiger charge is 2.30. The second-order valence-corrected chi connectivity index (χ2v) is 7.01. The minimum atomic E-state index is -0.197. The van der Waals surface area contributed by atoms with Crippen molar-refractivity contribution in [3.8, 4) is 0 Å². The van der Waals surface area contributed by atoms with Crippen molar-refractivity contribution in [1.82, 2.24) is 10.2 Å². The molecule has 1 saturated carbocycles. The summed E-state index contributed by atoms with van der Waals surface area (Å²) in [5.41, 5.74) is 6.59. The van der Waals surface area contributed by atoms with E-state index in [1.165, 1.54) is 0 Å². The standard InChI is InChI=1S/C19H26N4O3.ClH/c20-8-9-21-17(24)15-4-2-10-23(12-15)19(26)14-3-1-5-16(11-14)22-18(25)13-6-7-13;/h1,3,5,11,13,15H,2,4,6-10,12,20H2,(H,21,24)(H,22,25);1H. The Bertz CT molecular complexity index is 693. The summed E-state index contributed by atoms with van der Waals surface area (Å²) in [6.45, 7) is 1.90. The van der Waals surface area contributed by atoms with Crippen LogP contribution in [-0.2, 0) is 9.59 Å². The van der Waals surface area contributed by atoms with Gasteiger partial charge in [-0.2, -0.15) is 0 Å². The van der Waals surface area contributed by atoms with Crippen LogP contribution in [0.25, 0.3) is 0 Å². The number of hydrogen-bond acceptors (Lipinski definition) is 4. The molecule has 1 heterocycles. The van der Waals surface area contributed by atoms with E-state index in [0.717, 1.165) is 25.7 Å². The summed E-state index contributed by atoms with van der Waals surface area (Å²) < 4.78 is 0. The van der Waals surface area contributed by atoms with Gasteiger partial charge >= 0.3 is 0 Å². The second kappa shape index (κ2) is 9.71. The molecule has 3 rings (SSSR count). The lowest BCUT2D eigenvalue weighted by Crippen LogP contribution is -2.46. The molecule has 1 unspecified atom stereocenters. The van der Waals surface area contributed by atoms with Gasteiger partial charge in [-0.1, -0.05) is 6.07 Å². The Kier molecular flexibility index (Phi) is 7.62. The fraction of sp³-hybridized carbons (Fsp3) is 0.526. The molecular formula is C19H27ClN4O3. The molecule has 1 saturated heterocycles. The van der Waals surface area contributed by atoms with Crippen LogP contribution < -0.4 is 16.4 Å². The van der Waals surface area contributed by atoms with Crippen LogP contribution in [-0.4, -0.2) is 48.8 Å². The van der Waals surface area contributed by atoms with Gasteiger partial charge in [0.25, 0.3) is 5.91 Å². The van der Waals surface area contributed by atoms with Crippen molar-refractivity contribution in [3.63, 3.8) is 0 Å². The number of anilines is 1. The summed E-state index contributed by atoms with van der Waals surface area (Å²) in [6, 6.07) is 7.01. The van der Waals surface area contributed by atoms with Crippen molar-refractivity contribution < 1.29 is 14.4 Å². The maximum Gasteiger partial charge on any atom is 0.253 e. The molecule has 0 bridgehead atoms. The number of nitrogens with two attached hydrogens (primary N) is 1. The molecule has 2 fully saturated rings. The van der Waals surface area contributed by atoms with Crippen LogP contribution in [0.5, 0.6) is 0 Å². The SMILES string of the molecule is Cl.NCCNC(=O)C1CCCN(C(=O)c2cccc(NC(=O)C3CC3)c2)C1. The third-order valence-corrected chi connectivity index (χ3v) is 4.85. The zero-order chi connectivity index (χ0) is 18.5. The van der Waals surface area contributed by atoms with E-state index in [4.69, 9.17) is 5.73 Å². The maximum atomic E-state index is 12.8. The average molecular weight is 395 g/mol. The van der Waals surface area contributed by atoms with Crippen LogP contribution >= 0.6 is 12.4 Å². The lowest BCUT2D eigenvalue weighted by molar-refractivity contribution is -0.126. The quantitative estimate of drug-likeness (QED) is 0.677. The van der Waals surface area contributed by atoms with Gasteiger partial charge in [0, 0.05) is 43.3 Å². The molecule has 0 spiro atoms. The Morgan fingerprint density at radius 1 is 1.11 bits per heavy atom. The van der Waals surface area contributed by atoms with Crippen LogP contribution in [0.15, 0.2) is 24.3 Å². The van der Waals surface area contributed by atoms with Crippen molar-refractivity contribution >= 4 is 35.8 Å². The summed E-state index contributed by atoms with van der Waals surface area (Å²) in [6.07, 6.45) is 3.44. The predicted molar refractivity (Wildman–Crippen MR) is 106 cm³/mol. The molecular weight excluding hydrogens is 368 g/mol. The van der Waals surface area contributed by atoms with Gasteiger partial charge in [0.2, 0.25) is 11.8 Å². The number of carbonyl (C=O) groups is 3. The van der Waals surface area contributed by atoms with E-state index in [0.29, 0.717) is 37.4 Å². The van der Waals surface area contributed by atoms with Gasteiger partial charge in [-0.15, -0.1) is 12.4 Å². The van der Waals surface area contributed by atoms with Gasteiger partial charge in [0.05, 0.1) is 5.92 Å². The number of piperidine rings is 1. The predicted octanol–water partition coefficient (Wildman–Crippen LogP) is 1.38. The first-order chi connectivity index (χ1) is 12.6. The Labute approximate surface area is 165 Å². The highest BCUT2D eigenvalue weighted by molar-refractivity contribution is 5.98. The van der Waals surface area contributed by atoms with Gasteiger partial charge < -0.3 is 21.3 Å². The Hall–Kier alpha value is -2.12. The Balaban J connectivity index is 0.00000261. The first-order valence-corrected chi connectivity index (χ1v) is 9.26. The first kappa shape index (κ1) is 21.2. The van der Waals surface area contributed by atoms with E-state index in [9.17, 15) is 14.4 Å². The topological polar surface area (TPSA) is 105 Å². The molecule has 1 aliphatic heterocycles. The molecule has 3 amide bonds. The Morgan fingerprint density at radius 3 is 2.59 bits per heavy atom. The Morgan fingerprint density at radius 2 is 1.89 bits per heavy atom. The lowest BCUT2D eigenvalue weighted by atomic mass is 9.96. The summed E-state index contributed by atoms with van der Waals surface area (Å²) in [5, 5.41) is 5.67. The van der Waals surface area contributed by atoms with Gasteiger partial charge in [0.15, 0.2) is 0 Å². The van der Waals surface area contributed by atoms with Crippen molar-refractivity contribution in [1.29, 1.82) is 0 Å². The molecule has 4 N–H and O–H groups in total. The van der Waals surface area contributed by atoms with Crippen molar-refractivity contribution in [2.45, 2.75) is 25.7 Å². The molecule has 1 atom stereocenters. The molecule has 1 aromatic carbocycles. The normalized spacial score (nSPS) is 19.0. The van der Waals surface area contributed by atoms with Crippen LogP contribution in [0.4, 0.5) is 5.69 Å². The summed E-state index contributed by atoms with van der Waals surface area (Å²) in [7, 11) is 0. The van der Waals surface area contributed by atoms with Gasteiger partial charge in [-0.05, 0) is 43.9 Å². The summed E-state index contributed by atoms with van der Waals surface area (Å²) in [5.74, 6) is -0.215. The van der Waals surface area contributed by atoms with Gasteiger partial charge in [-0.3, -0.25) is 14.4 Å². The summed E-state index contributed by atoms with van der Waals surface area (Å²) >= 11 is 0. The number of benzene rings is 1. The number of nitrogens with zero attached hydrogens (tertiary/aromatic N) is 1. The second-order valence-electron chi connectivity index (χ2n) is 7.01. The zero-order valence-electron chi connectivity index (χ0n) is 15.3. The van der Waals surface area contributed by atoms with Gasteiger partial charge in [-0.25, -0.2) is 0 Å². The highest BCUT2D eigenvalue weighted by atomic mass is 35.5. The average Bonchev–Trinajstić information content (AvgIpc) is 3.51. The minimum Gasteiger partial charge on any atom is -0.355 e. The molecule has 2 aliphatic rings. The third-order valence-electron chi connectivity index (χ3n) is 4.85. The van der Waals surface area contributed by atoms with Gasteiger partial charge in [0.1, 0.15) is 0 Å². The van der Waals surface area contributed by atoms with Crippen LogP contribution in [0.2, 0.25) is 0 Å². The number of halogens is 1. The van der Waals surface area contributed by atoms with Crippen molar-refractivity contribution in [3.05, 3.63) is 29.8 Å². The van der Waals surface area contributed by atoms with E-state index in [1.807, 2.05) is 0 Å². The molecule has 1 aromatic rings. The fourth-order valence-corrected chi connectivity index (χ4v) is 3.22. The van der Waals surface area contributed by atoms with E-state index in [1.54, 1.807) is 29.2 Å². The zero-order valence-corrected chi connectivity index (χ0v) is 16.1. The first-order valence-electron chi connectivity index (χ1n) is 9.26. The largest absolute Gasteiger partial charge is 0.355 e. The molecule has 7 nitrogen and oxygen atoms in total. The lowest BCUT2D eigenvalue weighted by Gasteiger charge is -2.32. The van der Waals surface area contributed by atoms with Crippen molar-refractivity contribution in [2.24, 2.45) is 17.6 Å². The van der Waals surface area contributed by atoms with E-state index >= 15 is 0 Å². The fourth-order valence-electron chi connectivity index (χ4n) is 3.22. The van der Waals surface area contributed by atoms with E-state index in [2.05, 4.69) is 10.6 Å². The smallest absolute Gasteiger partial charge is 0.253 e. The molecule has 1 aliphatic carbocycles. The number of carbonyl (C=O) groups excluding carboxylic acids is 3. The number of rotatable bonds is 6. The van der Waals surface area contributed by atoms with E-state index in [-0.39, 0.29) is 42.0 Å².